The molecule has 0 aliphatic rings. The van der Waals surface area contributed by atoms with Crippen LogP contribution in [-0.4, -0.2) is 26.3 Å². The van der Waals surface area contributed by atoms with Crippen molar-refractivity contribution in [3.63, 3.8) is 0 Å². The minimum absolute atomic E-state index is 0.207. The maximum Gasteiger partial charge on any atom is 0.295 e. The zero-order valence-electron chi connectivity index (χ0n) is 13.5. The van der Waals surface area contributed by atoms with Crippen molar-refractivity contribution in [1.82, 2.24) is 0 Å². The van der Waals surface area contributed by atoms with Crippen LogP contribution in [0.3, 0.4) is 0 Å². The van der Waals surface area contributed by atoms with E-state index in [9.17, 15) is 14.5 Å². The molecule has 0 amide bonds. The van der Waals surface area contributed by atoms with Crippen LogP contribution in [0.25, 0.3) is 0 Å². The molecule has 8 heteroatoms. The van der Waals surface area contributed by atoms with E-state index in [2.05, 4.69) is 5.32 Å². The number of hydrogen-bond acceptors (Lipinski definition) is 6. The largest absolute Gasteiger partial charge is 0.496 e. The number of halogens is 1. The lowest BCUT2D eigenvalue weighted by atomic mass is 10.1. The van der Waals surface area contributed by atoms with Crippen molar-refractivity contribution in [1.29, 1.82) is 0 Å². The highest BCUT2D eigenvalue weighted by atomic mass is 19.1. The molecule has 2 aromatic rings. The highest BCUT2D eigenvalue weighted by Crippen LogP contribution is 2.35. The van der Waals surface area contributed by atoms with Crippen molar-refractivity contribution in [3.05, 3.63) is 51.8 Å². The van der Waals surface area contributed by atoms with E-state index in [4.69, 9.17) is 14.2 Å². The van der Waals surface area contributed by atoms with E-state index in [1.165, 1.54) is 27.4 Å². The number of methoxy groups -OCH3 is 3. The lowest BCUT2D eigenvalue weighted by Gasteiger charge is -2.15. The van der Waals surface area contributed by atoms with Gasteiger partial charge < -0.3 is 19.5 Å². The van der Waals surface area contributed by atoms with Gasteiger partial charge in [0.2, 0.25) is 0 Å². The smallest absolute Gasteiger partial charge is 0.295 e. The number of rotatable bonds is 7. The van der Waals surface area contributed by atoms with Gasteiger partial charge in [-0.05, 0) is 18.2 Å². The Labute approximate surface area is 138 Å². The molecule has 0 unspecified atom stereocenters. The summed E-state index contributed by atoms with van der Waals surface area (Å²) in [6, 6.07) is 6.71. The van der Waals surface area contributed by atoms with E-state index in [1.807, 2.05) is 0 Å². The monoisotopic (exact) mass is 336 g/mol. The van der Waals surface area contributed by atoms with Crippen LogP contribution in [0.1, 0.15) is 5.56 Å². The number of nitrogens with zero attached hydrogens (tertiary/aromatic N) is 1. The van der Waals surface area contributed by atoms with Crippen molar-refractivity contribution in [2.24, 2.45) is 0 Å². The minimum atomic E-state index is -0.670. The van der Waals surface area contributed by atoms with Gasteiger partial charge in [-0.3, -0.25) is 10.1 Å². The topological polar surface area (TPSA) is 82.9 Å². The Bertz CT molecular complexity index is 751. The summed E-state index contributed by atoms with van der Waals surface area (Å²) in [4.78, 5) is 10.4. The highest BCUT2D eigenvalue weighted by molar-refractivity contribution is 5.62. The Morgan fingerprint density at radius 1 is 1.04 bits per heavy atom. The van der Waals surface area contributed by atoms with Gasteiger partial charge in [0.05, 0.1) is 32.3 Å². The summed E-state index contributed by atoms with van der Waals surface area (Å²) in [5.74, 6) is 0.871. The SMILES string of the molecule is COc1cc(OC)c(OC)cc1CNc1ccc(F)cc1[N+](=O)[O-]. The third kappa shape index (κ3) is 3.65. The molecule has 2 aromatic carbocycles. The average Bonchev–Trinajstić information content (AvgIpc) is 2.59. The fourth-order valence-electron chi connectivity index (χ4n) is 2.23. The first-order valence-electron chi connectivity index (χ1n) is 6.96. The van der Waals surface area contributed by atoms with Gasteiger partial charge in [-0.15, -0.1) is 0 Å². The highest BCUT2D eigenvalue weighted by Gasteiger charge is 2.16. The molecule has 0 aromatic heterocycles. The minimum Gasteiger partial charge on any atom is -0.496 e. The summed E-state index contributed by atoms with van der Waals surface area (Å²) in [5, 5.41) is 13.9. The number of nitro benzene ring substituents is 1. The molecule has 0 aliphatic carbocycles. The molecule has 24 heavy (non-hydrogen) atoms. The molecule has 0 saturated heterocycles. The second kappa shape index (κ2) is 7.49. The first-order chi connectivity index (χ1) is 11.5. The van der Waals surface area contributed by atoms with Crippen molar-refractivity contribution in [2.45, 2.75) is 6.54 Å². The predicted octanol–water partition coefficient (Wildman–Crippen LogP) is 3.37. The van der Waals surface area contributed by atoms with Crippen LogP contribution < -0.4 is 19.5 Å². The van der Waals surface area contributed by atoms with E-state index < -0.39 is 10.7 Å². The molecule has 0 heterocycles. The van der Waals surface area contributed by atoms with Crippen molar-refractivity contribution in [3.8, 4) is 17.2 Å². The van der Waals surface area contributed by atoms with Gasteiger partial charge >= 0.3 is 0 Å². The zero-order chi connectivity index (χ0) is 17.7. The van der Waals surface area contributed by atoms with Gasteiger partial charge in [-0.2, -0.15) is 0 Å². The van der Waals surface area contributed by atoms with Crippen LogP contribution in [0, 0.1) is 15.9 Å². The molecule has 0 saturated carbocycles. The van der Waals surface area contributed by atoms with Crippen LogP contribution in [0.15, 0.2) is 30.3 Å². The third-order valence-electron chi connectivity index (χ3n) is 3.41. The Balaban J connectivity index is 2.31. The number of ether oxygens (including phenoxy) is 3. The molecular weight excluding hydrogens is 319 g/mol. The second-order valence-electron chi connectivity index (χ2n) is 4.79. The first-order valence-corrected chi connectivity index (χ1v) is 6.96. The van der Waals surface area contributed by atoms with Crippen LogP contribution in [0.4, 0.5) is 15.8 Å². The molecule has 0 radical (unpaired) electrons. The lowest BCUT2D eigenvalue weighted by molar-refractivity contribution is -0.384. The predicted molar refractivity (Wildman–Crippen MR) is 86.5 cm³/mol. The quantitative estimate of drug-likeness (QED) is 0.616. The number of benzene rings is 2. The first kappa shape index (κ1) is 17.3. The second-order valence-corrected chi connectivity index (χ2v) is 4.79. The standard InChI is InChI=1S/C16H17FN2O5/c1-22-14-8-16(24-3)15(23-2)6-10(14)9-18-12-5-4-11(17)7-13(12)19(20)21/h4-8,18H,9H2,1-3H3. The summed E-state index contributed by atoms with van der Waals surface area (Å²) < 4.78 is 28.9. The molecule has 0 bridgehead atoms. The van der Waals surface area contributed by atoms with E-state index in [0.29, 0.717) is 22.8 Å². The summed E-state index contributed by atoms with van der Waals surface area (Å²) in [7, 11) is 4.52. The molecule has 0 atom stereocenters. The number of anilines is 1. The van der Waals surface area contributed by atoms with E-state index in [-0.39, 0.29) is 17.9 Å². The summed E-state index contributed by atoms with van der Waals surface area (Å²) in [6.07, 6.45) is 0. The zero-order valence-corrected chi connectivity index (χ0v) is 13.5. The third-order valence-corrected chi connectivity index (χ3v) is 3.41. The normalized spacial score (nSPS) is 10.2. The summed E-state index contributed by atoms with van der Waals surface area (Å²) in [5.41, 5.74) is 0.571. The maximum atomic E-state index is 13.2. The summed E-state index contributed by atoms with van der Waals surface area (Å²) in [6.45, 7) is 0.218. The maximum absolute atomic E-state index is 13.2. The van der Waals surface area contributed by atoms with Crippen molar-refractivity contribution in [2.75, 3.05) is 26.6 Å². The van der Waals surface area contributed by atoms with Crippen LogP contribution in [0.5, 0.6) is 17.2 Å². The van der Waals surface area contributed by atoms with Gasteiger partial charge in [-0.25, -0.2) is 4.39 Å². The Kier molecular flexibility index (Phi) is 5.41. The molecule has 0 spiro atoms. The lowest BCUT2D eigenvalue weighted by Crippen LogP contribution is -2.05. The molecular formula is C16H17FN2O5. The Hall–Kier alpha value is -3.03. The molecule has 7 nitrogen and oxygen atoms in total. The van der Waals surface area contributed by atoms with Crippen LogP contribution in [0.2, 0.25) is 0 Å². The van der Waals surface area contributed by atoms with Crippen molar-refractivity contribution >= 4 is 11.4 Å². The average molecular weight is 336 g/mol. The van der Waals surface area contributed by atoms with Gasteiger partial charge in [0.1, 0.15) is 17.3 Å². The fraction of sp³-hybridized carbons (Fsp3) is 0.250. The Morgan fingerprint density at radius 3 is 2.25 bits per heavy atom. The van der Waals surface area contributed by atoms with Gasteiger partial charge in [0, 0.05) is 18.2 Å². The van der Waals surface area contributed by atoms with Crippen LogP contribution >= 0.6 is 0 Å². The molecule has 1 N–H and O–H groups in total. The van der Waals surface area contributed by atoms with E-state index >= 15 is 0 Å². The van der Waals surface area contributed by atoms with E-state index in [0.717, 1.165) is 12.1 Å². The van der Waals surface area contributed by atoms with Crippen LogP contribution in [-0.2, 0) is 6.54 Å². The summed E-state index contributed by atoms with van der Waals surface area (Å²) >= 11 is 0. The Morgan fingerprint density at radius 2 is 1.67 bits per heavy atom. The molecule has 2 rings (SSSR count). The molecule has 0 aliphatic heterocycles. The number of hydrogen-bond donors (Lipinski definition) is 1. The van der Waals surface area contributed by atoms with Gasteiger partial charge in [0.15, 0.2) is 11.5 Å². The molecule has 128 valence electrons. The van der Waals surface area contributed by atoms with E-state index in [1.54, 1.807) is 12.1 Å². The number of nitrogens with one attached hydrogen (secondary N) is 1. The fourth-order valence-corrected chi connectivity index (χ4v) is 2.23. The molecule has 0 fully saturated rings. The van der Waals surface area contributed by atoms with Gasteiger partial charge in [-0.1, -0.05) is 0 Å². The number of nitro groups is 1. The van der Waals surface area contributed by atoms with Gasteiger partial charge in [0.25, 0.3) is 5.69 Å². The van der Waals surface area contributed by atoms with Crippen molar-refractivity contribution < 1.29 is 23.5 Å².